The van der Waals surface area contributed by atoms with E-state index in [1.807, 2.05) is 22.7 Å². The highest BCUT2D eigenvalue weighted by atomic mass is 35.5. The monoisotopic (exact) mass is 235 g/mol. The number of hydrogen-bond acceptors (Lipinski definition) is 2. The van der Waals surface area contributed by atoms with Crippen LogP contribution in [0.4, 0.5) is 0 Å². The van der Waals surface area contributed by atoms with Crippen molar-refractivity contribution in [1.29, 1.82) is 0 Å². The van der Waals surface area contributed by atoms with E-state index in [2.05, 4.69) is 16.5 Å². The Bertz CT molecular complexity index is 500. The van der Waals surface area contributed by atoms with Crippen LogP contribution in [0.5, 0.6) is 0 Å². The van der Waals surface area contributed by atoms with E-state index in [4.69, 9.17) is 11.6 Å². The summed E-state index contributed by atoms with van der Waals surface area (Å²) in [6, 6.07) is 4.21. The number of nitrogens with zero attached hydrogens (tertiary/aromatic N) is 2. The van der Waals surface area contributed by atoms with E-state index in [1.165, 1.54) is 19.3 Å². The van der Waals surface area contributed by atoms with Gasteiger partial charge in [-0.1, -0.05) is 18.0 Å². The molecule has 0 aromatic carbocycles. The average molecular weight is 236 g/mol. The van der Waals surface area contributed by atoms with E-state index in [9.17, 15) is 0 Å². The highest BCUT2D eigenvalue weighted by Crippen LogP contribution is 2.24. The van der Waals surface area contributed by atoms with Crippen LogP contribution >= 0.6 is 11.6 Å². The first kappa shape index (κ1) is 10.1. The highest BCUT2D eigenvalue weighted by Gasteiger charge is 2.17. The summed E-state index contributed by atoms with van der Waals surface area (Å²) in [5.41, 5.74) is 1.96. The topological polar surface area (TPSA) is 29.3 Å². The molecule has 3 nitrogen and oxygen atoms in total. The van der Waals surface area contributed by atoms with E-state index < -0.39 is 0 Å². The van der Waals surface area contributed by atoms with Crippen molar-refractivity contribution in [2.24, 2.45) is 0 Å². The molecule has 0 saturated carbocycles. The lowest BCUT2D eigenvalue weighted by atomic mass is 10.0. The van der Waals surface area contributed by atoms with E-state index in [-0.39, 0.29) is 0 Å². The predicted octanol–water partition coefficient (Wildman–Crippen LogP) is 2.80. The first-order valence-corrected chi connectivity index (χ1v) is 6.09. The molecule has 1 aliphatic heterocycles. The second-order valence-electron chi connectivity index (χ2n) is 4.26. The molecule has 0 amide bonds. The van der Waals surface area contributed by atoms with Crippen molar-refractivity contribution in [3.63, 3.8) is 0 Å². The van der Waals surface area contributed by atoms with Gasteiger partial charge >= 0.3 is 0 Å². The molecule has 1 aliphatic rings. The number of imidazole rings is 1. The van der Waals surface area contributed by atoms with Gasteiger partial charge in [-0.3, -0.25) is 0 Å². The Labute approximate surface area is 99.4 Å². The molecule has 1 unspecified atom stereocenters. The Morgan fingerprint density at radius 2 is 2.38 bits per heavy atom. The Kier molecular flexibility index (Phi) is 2.58. The standard InChI is InChI=1S/C12H14ClN3/c13-9-4-3-7-16-8-11(15-12(9)16)10-5-1-2-6-14-10/h3-4,7-8,10,14H,1-2,5-6H2. The van der Waals surface area contributed by atoms with Crippen LogP contribution in [0, 0.1) is 0 Å². The Morgan fingerprint density at radius 3 is 3.12 bits per heavy atom. The summed E-state index contributed by atoms with van der Waals surface area (Å²) in [4.78, 5) is 4.60. The Hall–Kier alpha value is -1.06. The largest absolute Gasteiger partial charge is 0.309 e. The first-order chi connectivity index (χ1) is 7.84. The fraction of sp³-hybridized carbons (Fsp3) is 0.417. The molecule has 0 aliphatic carbocycles. The van der Waals surface area contributed by atoms with Gasteiger partial charge in [0.15, 0.2) is 5.65 Å². The normalized spacial score (nSPS) is 21.4. The van der Waals surface area contributed by atoms with Gasteiger partial charge in [-0.25, -0.2) is 4.98 Å². The SMILES string of the molecule is Clc1cccn2cc(C3CCCCN3)nc12. The molecular weight excluding hydrogens is 222 g/mol. The number of fused-ring (bicyclic) bond motifs is 1. The van der Waals surface area contributed by atoms with Crippen LogP contribution in [-0.2, 0) is 0 Å². The number of pyridine rings is 1. The van der Waals surface area contributed by atoms with Crippen molar-refractivity contribution in [1.82, 2.24) is 14.7 Å². The van der Waals surface area contributed by atoms with E-state index in [0.717, 1.165) is 17.9 Å². The number of hydrogen-bond donors (Lipinski definition) is 1. The molecule has 84 valence electrons. The molecule has 0 bridgehead atoms. The van der Waals surface area contributed by atoms with Crippen LogP contribution in [0.15, 0.2) is 24.5 Å². The van der Waals surface area contributed by atoms with Gasteiger partial charge in [0.25, 0.3) is 0 Å². The molecule has 0 radical (unpaired) electrons. The van der Waals surface area contributed by atoms with Crippen LogP contribution in [0.1, 0.15) is 31.0 Å². The number of rotatable bonds is 1. The van der Waals surface area contributed by atoms with Gasteiger partial charge < -0.3 is 9.72 Å². The van der Waals surface area contributed by atoms with E-state index in [1.54, 1.807) is 0 Å². The number of nitrogens with one attached hydrogen (secondary N) is 1. The first-order valence-electron chi connectivity index (χ1n) is 5.71. The van der Waals surface area contributed by atoms with E-state index >= 15 is 0 Å². The summed E-state index contributed by atoms with van der Waals surface area (Å²) >= 11 is 6.11. The van der Waals surface area contributed by atoms with Crippen molar-refractivity contribution in [2.45, 2.75) is 25.3 Å². The zero-order chi connectivity index (χ0) is 11.0. The number of piperidine rings is 1. The van der Waals surface area contributed by atoms with Gasteiger partial charge in [-0.15, -0.1) is 0 Å². The van der Waals surface area contributed by atoms with Gasteiger partial charge in [-0.05, 0) is 31.5 Å². The summed E-state index contributed by atoms with van der Waals surface area (Å²) < 4.78 is 1.99. The van der Waals surface area contributed by atoms with Gasteiger partial charge in [0.05, 0.1) is 16.8 Å². The van der Waals surface area contributed by atoms with Crippen molar-refractivity contribution >= 4 is 17.2 Å². The number of aromatic nitrogens is 2. The second kappa shape index (κ2) is 4.07. The van der Waals surface area contributed by atoms with Gasteiger partial charge in [0.2, 0.25) is 0 Å². The second-order valence-corrected chi connectivity index (χ2v) is 4.66. The third-order valence-corrected chi connectivity index (χ3v) is 3.42. The van der Waals surface area contributed by atoms with Crippen molar-refractivity contribution < 1.29 is 0 Å². The zero-order valence-corrected chi connectivity index (χ0v) is 9.74. The van der Waals surface area contributed by atoms with Crippen molar-refractivity contribution in [3.05, 3.63) is 35.2 Å². The van der Waals surface area contributed by atoms with Crippen LogP contribution in [-0.4, -0.2) is 15.9 Å². The summed E-state index contributed by atoms with van der Waals surface area (Å²) in [6.07, 6.45) is 7.77. The van der Waals surface area contributed by atoms with Gasteiger partial charge in [0, 0.05) is 12.4 Å². The molecule has 2 aromatic heterocycles. The molecule has 1 fully saturated rings. The maximum Gasteiger partial charge on any atom is 0.155 e. The minimum atomic E-state index is 0.393. The molecule has 0 spiro atoms. The fourth-order valence-corrected chi connectivity index (χ4v) is 2.48. The minimum Gasteiger partial charge on any atom is -0.309 e. The predicted molar refractivity (Wildman–Crippen MR) is 64.8 cm³/mol. The smallest absolute Gasteiger partial charge is 0.155 e. The quantitative estimate of drug-likeness (QED) is 0.824. The molecule has 4 heteroatoms. The third kappa shape index (κ3) is 1.70. The van der Waals surface area contributed by atoms with Crippen LogP contribution in [0.3, 0.4) is 0 Å². The highest BCUT2D eigenvalue weighted by molar-refractivity contribution is 6.33. The van der Waals surface area contributed by atoms with Crippen LogP contribution < -0.4 is 5.32 Å². The molecule has 1 saturated heterocycles. The van der Waals surface area contributed by atoms with Crippen LogP contribution in [0.25, 0.3) is 5.65 Å². The molecule has 2 aromatic rings. The summed E-state index contributed by atoms with van der Waals surface area (Å²) in [5, 5.41) is 4.21. The maximum atomic E-state index is 6.11. The van der Waals surface area contributed by atoms with Crippen LogP contribution in [0.2, 0.25) is 5.02 Å². The molecule has 3 rings (SSSR count). The summed E-state index contributed by atoms with van der Waals surface area (Å²) in [5.74, 6) is 0. The molecule has 1 N–H and O–H groups in total. The average Bonchev–Trinajstić information content (AvgIpc) is 2.76. The third-order valence-electron chi connectivity index (χ3n) is 3.12. The van der Waals surface area contributed by atoms with Crippen molar-refractivity contribution in [3.8, 4) is 0 Å². The lowest BCUT2D eigenvalue weighted by Crippen LogP contribution is -2.26. The van der Waals surface area contributed by atoms with Crippen molar-refractivity contribution in [2.75, 3.05) is 6.54 Å². The lowest BCUT2D eigenvalue weighted by molar-refractivity contribution is 0.406. The Morgan fingerprint density at radius 1 is 1.44 bits per heavy atom. The fourth-order valence-electron chi connectivity index (χ4n) is 2.27. The molecular formula is C12H14ClN3. The summed E-state index contributed by atoms with van der Waals surface area (Å²) in [6.45, 7) is 1.09. The molecule has 3 heterocycles. The van der Waals surface area contributed by atoms with Gasteiger partial charge in [0.1, 0.15) is 0 Å². The molecule has 16 heavy (non-hydrogen) atoms. The zero-order valence-electron chi connectivity index (χ0n) is 8.99. The molecule has 1 atom stereocenters. The maximum absolute atomic E-state index is 6.11. The van der Waals surface area contributed by atoms with E-state index in [0.29, 0.717) is 11.1 Å². The summed E-state index contributed by atoms with van der Waals surface area (Å²) in [7, 11) is 0. The number of halogens is 1. The van der Waals surface area contributed by atoms with Gasteiger partial charge in [-0.2, -0.15) is 0 Å². The Balaban J connectivity index is 2.01. The lowest BCUT2D eigenvalue weighted by Gasteiger charge is -2.21. The minimum absolute atomic E-state index is 0.393.